The van der Waals surface area contributed by atoms with Gasteiger partial charge >= 0.3 is 0 Å². The quantitative estimate of drug-likeness (QED) is 0.524. The summed E-state index contributed by atoms with van der Waals surface area (Å²) in [5, 5.41) is 0. The van der Waals surface area contributed by atoms with Crippen LogP contribution in [0.1, 0.15) is 16.1 Å². The Bertz CT molecular complexity index is 1150. The van der Waals surface area contributed by atoms with E-state index >= 15 is 0 Å². The lowest BCUT2D eigenvalue weighted by atomic mass is 10.1. The largest absolute Gasteiger partial charge is 0.335 e. The molecule has 0 N–H and O–H groups in total. The van der Waals surface area contributed by atoms with E-state index < -0.39 is 0 Å². The number of carbonyl (C=O) groups excluding carboxylic acids is 1. The van der Waals surface area contributed by atoms with Gasteiger partial charge in [0.05, 0.1) is 0 Å². The highest BCUT2D eigenvalue weighted by Crippen LogP contribution is 2.20. The van der Waals surface area contributed by atoms with Crippen molar-refractivity contribution in [3.8, 4) is 11.1 Å². The number of rotatable bonds is 4. The minimum Gasteiger partial charge on any atom is -0.335 e. The van der Waals surface area contributed by atoms with E-state index in [1.54, 1.807) is 0 Å². The topological polar surface area (TPSA) is 40.9 Å². The van der Waals surface area contributed by atoms with Crippen LogP contribution in [-0.2, 0) is 6.54 Å². The Morgan fingerprint density at radius 3 is 2.20 bits per heavy atom. The first-order valence-corrected chi connectivity index (χ1v) is 10.4. The average molecular weight is 396 g/mol. The molecule has 1 aliphatic rings. The molecule has 0 radical (unpaired) electrons. The Morgan fingerprint density at radius 1 is 0.767 bits per heavy atom. The molecule has 5 nitrogen and oxygen atoms in total. The van der Waals surface area contributed by atoms with Gasteiger partial charge in [-0.2, -0.15) is 0 Å². The fraction of sp³-hybridized carbons (Fsp3) is 0.200. The average Bonchev–Trinajstić information content (AvgIpc) is 3.24. The summed E-state index contributed by atoms with van der Waals surface area (Å²) >= 11 is 0. The smallest absolute Gasteiger partial charge is 0.274 e. The van der Waals surface area contributed by atoms with Crippen molar-refractivity contribution < 1.29 is 4.79 Å². The molecule has 150 valence electrons. The molecule has 4 aromatic rings. The molecule has 1 aliphatic heterocycles. The fourth-order valence-corrected chi connectivity index (χ4v) is 4.01. The summed E-state index contributed by atoms with van der Waals surface area (Å²) in [6.45, 7) is 4.15. The maximum atomic E-state index is 13.0. The number of carbonyl (C=O) groups is 1. The minimum atomic E-state index is 0.0133. The molecule has 2 aromatic heterocycles. The molecule has 30 heavy (non-hydrogen) atoms. The summed E-state index contributed by atoms with van der Waals surface area (Å²) in [6.07, 6.45) is 3.88. The second-order valence-electron chi connectivity index (χ2n) is 7.73. The summed E-state index contributed by atoms with van der Waals surface area (Å²) in [5.41, 5.74) is 4.87. The van der Waals surface area contributed by atoms with Crippen molar-refractivity contribution in [2.75, 3.05) is 26.2 Å². The van der Waals surface area contributed by atoms with Crippen molar-refractivity contribution in [1.82, 2.24) is 19.2 Å². The molecule has 5 rings (SSSR count). The zero-order valence-corrected chi connectivity index (χ0v) is 16.8. The molecule has 1 fully saturated rings. The first-order chi connectivity index (χ1) is 14.8. The first-order valence-electron chi connectivity index (χ1n) is 10.4. The van der Waals surface area contributed by atoms with Gasteiger partial charge in [0.1, 0.15) is 11.3 Å². The van der Waals surface area contributed by atoms with Gasteiger partial charge in [0.25, 0.3) is 5.91 Å². The monoisotopic (exact) mass is 396 g/mol. The maximum absolute atomic E-state index is 13.0. The van der Waals surface area contributed by atoms with Gasteiger partial charge in [0.2, 0.25) is 0 Å². The lowest BCUT2D eigenvalue weighted by molar-refractivity contribution is 0.0623. The van der Waals surface area contributed by atoms with E-state index in [1.165, 1.54) is 5.56 Å². The van der Waals surface area contributed by atoms with Crippen LogP contribution in [0.5, 0.6) is 0 Å². The molecule has 2 aromatic carbocycles. The SMILES string of the molecule is O=C(c1cn2cc(-c3ccccc3)ccc2n1)N1CCN(Cc2ccccc2)CC1. The molecular weight excluding hydrogens is 372 g/mol. The number of imidazole rings is 1. The predicted octanol–water partition coefficient (Wildman–Crippen LogP) is 3.96. The van der Waals surface area contributed by atoms with Gasteiger partial charge in [-0.3, -0.25) is 9.69 Å². The summed E-state index contributed by atoms with van der Waals surface area (Å²) in [7, 11) is 0. The summed E-state index contributed by atoms with van der Waals surface area (Å²) in [4.78, 5) is 21.9. The highest BCUT2D eigenvalue weighted by molar-refractivity contribution is 5.93. The van der Waals surface area contributed by atoms with Gasteiger partial charge < -0.3 is 9.30 Å². The lowest BCUT2D eigenvalue weighted by Gasteiger charge is -2.34. The van der Waals surface area contributed by atoms with Gasteiger partial charge in [-0.05, 0) is 28.8 Å². The Hall–Kier alpha value is -3.44. The van der Waals surface area contributed by atoms with Gasteiger partial charge in [-0.25, -0.2) is 4.98 Å². The van der Waals surface area contributed by atoms with Crippen LogP contribution in [0, 0.1) is 0 Å². The van der Waals surface area contributed by atoms with E-state index in [-0.39, 0.29) is 5.91 Å². The van der Waals surface area contributed by atoms with Crippen molar-refractivity contribution in [3.05, 3.63) is 96.4 Å². The third-order valence-electron chi connectivity index (χ3n) is 5.69. The molecule has 0 spiro atoms. The number of hydrogen-bond donors (Lipinski definition) is 0. The van der Waals surface area contributed by atoms with Crippen LogP contribution in [0.4, 0.5) is 0 Å². The molecule has 0 aliphatic carbocycles. The minimum absolute atomic E-state index is 0.0133. The normalized spacial score (nSPS) is 14.9. The van der Waals surface area contributed by atoms with Crippen LogP contribution >= 0.6 is 0 Å². The standard InChI is InChI=1S/C25H24N4O/c30-25(28-15-13-27(14-16-28)17-20-7-3-1-4-8-20)23-19-29-18-22(11-12-24(29)26-23)21-9-5-2-6-10-21/h1-12,18-19H,13-17H2. The molecule has 3 heterocycles. The number of fused-ring (bicyclic) bond motifs is 1. The molecule has 1 amide bonds. The molecular formula is C25H24N4O. The molecule has 5 heteroatoms. The van der Waals surface area contributed by atoms with E-state index in [9.17, 15) is 4.79 Å². The van der Waals surface area contributed by atoms with Gasteiger partial charge in [-0.1, -0.05) is 60.7 Å². The number of aromatic nitrogens is 2. The molecule has 0 unspecified atom stereocenters. The van der Waals surface area contributed by atoms with Crippen molar-refractivity contribution in [1.29, 1.82) is 0 Å². The highest BCUT2D eigenvalue weighted by Gasteiger charge is 2.24. The molecule has 0 bridgehead atoms. The maximum Gasteiger partial charge on any atom is 0.274 e. The second-order valence-corrected chi connectivity index (χ2v) is 7.73. The van der Waals surface area contributed by atoms with Crippen molar-refractivity contribution in [3.63, 3.8) is 0 Å². The third kappa shape index (κ3) is 3.84. The van der Waals surface area contributed by atoms with E-state index in [0.717, 1.165) is 49.5 Å². The van der Waals surface area contributed by atoms with Crippen molar-refractivity contribution in [2.24, 2.45) is 0 Å². The molecule has 0 saturated carbocycles. The zero-order chi connectivity index (χ0) is 20.3. The van der Waals surface area contributed by atoms with E-state index in [4.69, 9.17) is 0 Å². The number of piperazine rings is 1. The van der Waals surface area contributed by atoms with Gasteiger partial charge in [0, 0.05) is 45.1 Å². The lowest BCUT2D eigenvalue weighted by Crippen LogP contribution is -2.48. The van der Waals surface area contributed by atoms with Crippen LogP contribution in [0.2, 0.25) is 0 Å². The second kappa shape index (κ2) is 8.13. The van der Waals surface area contributed by atoms with Crippen LogP contribution in [0.25, 0.3) is 16.8 Å². The van der Waals surface area contributed by atoms with Crippen LogP contribution in [0.3, 0.4) is 0 Å². The Balaban J connectivity index is 1.27. The number of hydrogen-bond acceptors (Lipinski definition) is 3. The Morgan fingerprint density at radius 2 is 1.47 bits per heavy atom. The van der Waals surface area contributed by atoms with Crippen LogP contribution in [0.15, 0.2) is 85.2 Å². The summed E-state index contributed by atoms with van der Waals surface area (Å²) in [6, 6.07) is 24.7. The van der Waals surface area contributed by atoms with Gasteiger partial charge in [0.15, 0.2) is 0 Å². The Kier molecular flexibility index (Phi) is 5.03. The Labute approximate surface area is 176 Å². The zero-order valence-electron chi connectivity index (χ0n) is 16.8. The molecule has 1 saturated heterocycles. The first kappa shape index (κ1) is 18.6. The summed E-state index contributed by atoms with van der Waals surface area (Å²) < 4.78 is 1.95. The number of benzene rings is 2. The number of amides is 1. The van der Waals surface area contributed by atoms with Crippen molar-refractivity contribution in [2.45, 2.75) is 6.54 Å². The van der Waals surface area contributed by atoms with Crippen LogP contribution in [-0.4, -0.2) is 51.3 Å². The van der Waals surface area contributed by atoms with Crippen molar-refractivity contribution >= 4 is 11.6 Å². The van der Waals surface area contributed by atoms with Crippen LogP contribution < -0.4 is 0 Å². The van der Waals surface area contributed by atoms with Gasteiger partial charge in [-0.15, -0.1) is 0 Å². The number of pyridine rings is 1. The predicted molar refractivity (Wildman–Crippen MR) is 118 cm³/mol. The highest BCUT2D eigenvalue weighted by atomic mass is 16.2. The van der Waals surface area contributed by atoms with E-state index in [0.29, 0.717) is 5.69 Å². The van der Waals surface area contributed by atoms with E-state index in [1.807, 2.05) is 58.1 Å². The number of nitrogens with zero attached hydrogens (tertiary/aromatic N) is 4. The molecule has 0 atom stereocenters. The van der Waals surface area contributed by atoms with E-state index in [2.05, 4.69) is 46.3 Å². The fourth-order valence-electron chi connectivity index (χ4n) is 4.01. The summed E-state index contributed by atoms with van der Waals surface area (Å²) in [5.74, 6) is 0.0133. The third-order valence-corrected chi connectivity index (χ3v) is 5.69.